The van der Waals surface area contributed by atoms with Crippen LogP contribution in [0.1, 0.15) is 57.2 Å². The van der Waals surface area contributed by atoms with Crippen molar-refractivity contribution in [2.24, 2.45) is 4.99 Å². The summed E-state index contributed by atoms with van der Waals surface area (Å²) >= 11 is 0. The van der Waals surface area contributed by atoms with Crippen molar-refractivity contribution in [2.75, 3.05) is 12.4 Å². The van der Waals surface area contributed by atoms with Crippen molar-refractivity contribution < 1.29 is 9.53 Å². The number of nitrogens with one attached hydrogen (secondary N) is 3. The second-order valence-corrected chi connectivity index (χ2v) is 8.22. The number of hydrogen-bond donors (Lipinski definition) is 3. The molecule has 1 atom stereocenters. The second kappa shape index (κ2) is 11.4. The van der Waals surface area contributed by atoms with Crippen LogP contribution in [0.5, 0.6) is 5.75 Å². The molecule has 1 aliphatic rings. The lowest BCUT2D eigenvalue weighted by Gasteiger charge is -2.38. The van der Waals surface area contributed by atoms with E-state index in [1.165, 1.54) is 0 Å². The summed E-state index contributed by atoms with van der Waals surface area (Å²) in [7, 11) is 1.77. The van der Waals surface area contributed by atoms with Crippen LogP contribution < -0.4 is 20.7 Å². The van der Waals surface area contributed by atoms with E-state index in [1.807, 2.05) is 49.4 Å². The Hall–Kier alpha value is -2.29. The van der Waals surface area contributed by atoms with Crippen molar-refractivity contribution in [1.29, 1.82) is 0 Å². The molecule has 0 aliphatic carbocycles. The number of nitrogens with zero attached hydrogens (tertiary/aromatic N) is 1. The van der Waals surface area contributed by atoms with Crippen LogP contribution >= 0.6 is 24.0 Å². The number of para-hydroxylation sites is 1. The molecule has 0 saturated carbocycles. The van der Waals surface area contributed by atoms with Crippen LogP contribution in [0.2, 0.25) is 0 Å². The van der Waals surface area contributed by atoms with Gasteiger partial charge in [-0.15, -0.1) is 24.0 Å². The molecule has 1 aliphatic heterocycles. The van der Waals surface area contributed by atoms with Crippen molar-refractivity contribution in [2.45, 2.75) is 58.2 Å². The first-order valence-electron chi connectivity index (χ1n) is 10.5. The topological polar surface area (TPSA) is 74.8 Å². The third kappa shape index (κ3) is 7.12. The number of guanidine groups is 1. The number of benzene rings is 2. The van der Waals surface area contributed by atoms with E-state index in [2.05, 4.69) is 40.9 Å². The fourth-order valence-electron chi connectivity index (χ4n) is 3.69. The van der Waals surface area contributed by atoms with Crippen LogP contribution in [-0.2, 0) is 11.3 Å². The van der Waals surface area contributed by atoms with Crippen LogP contribution in [0.4, 0.5) is 5.69 Å². The first kappa shape index (κ1) is 25.0. The number of halogens is 1. The monoisotopic (exact) mass is 536 g/mol. The smallest absolute Gasteiger partial charge is 0.224 e. The van der Waals surface area contributed by atoms with Gasteiger partial charge in [0.25, 0.3) is 0 Å². The summed E-state index contributed by atoms with van der Waals surface area (Å²) in [4.78, 5) is 16.2. The van der Waals surface area contributed by atoms with Gasteiger partial charge in [-0.1, -0.05) is 37.3 Å². The fraction of sp³-hybridized carbons (Fsp3) is 0.417. The number of amides is 1. The summed E-state index contributed by atoms with van der Waals surface area (Å²) in [6.07, 6.45) is 2.20. The highest BCUT2D eigenvalue weighted by Gasteiger charge is 2.33. The molecule has 0 aromatic heterocycles. The minimum atomic E-state index is -0.254. The lowest BCUT2D eigenvalue weighted by atomic mass is 9.90. The van der Waals surface area contributed by atoms with E-state index >= 15 is 0 Å². The molecule has 1 heterocycles. The molecule has 0 spiro atoms. The van der Waals surface area contributed by atoms with E-state index < -0.39 is 0 Å². The fourth-order valence-corrected chi connectivity index (χ4v) is 3.69. The van der Waals surface area contributed by atoms with Crippen LogP contribution in [0.15, 0.2) is 53.5 Å². The molecule has 2 aromatic carbocycles. The maximum Gasteiger partial charge on any atom is 0.224 e. The lowest BCUT2D eigenvalue weighted by molar-refractivity contribution is -0.116. The number of fused-ring (bicyclic) bond motifs is 1. The highest BCUT2D eigenvalue weighted by atomic mass is 127. The summed E-state index contributed by atoms with van der Waals surface area (Å²) in [6.45, 7) is 6.81. The van der Waals surface area contributed by atoms with E-state index in [9.17, 15) is 4.79 Å². The normalized spacial score (nSPS) is 16.9. The van der Waals surface area contributed by atoms with E-state index in [0.29, 0.717) is 13.0 Å². The maximum absolute atomic E-state index is 11.8. The van der Waals surface area contributed by atoms with Gasteiger partial charge in [-0.2, -0.15) is 0 Å². The second-order valence-electron chi connectivity index (χ2n) is 8.22. The summed E-state index contributed by atoms with van der Waals surface area (Å²) in [6, 6.07) is 16.1. The van der Waals surface area contributed by atoms with Gasteiger partial charge in [0, 0.05) is 37.7 Å². The minimum Gasteiger partial charge on any atom is -0.487 e. The van der Waals surface area contributed by atoms with Crippen molar-refractivity contribution in [3.63, 3.8) is 0 Å². The summed E-state index contributed by atoms with van der Waals surface area (Å²) in [5.41, 5.74) is 2.77. The molecule has 0 bridgehead atoms. The molecule has 0 fully saturated rings. The average Bonchev–Trinajstić information content (AvgIpc) is 2.70. The molecule has 1 unspecified atom stereocenters. The maximum atomic E-state index is 11.8. The lowest BCUT2D eigenvalue weighted by Crippen LogP contribution is -2.45. The zero-order valence-corrected chi connectivity index (χ0v) is 21.0. The Morgan fingerprint density at radius 3 is 2.71 bits per heavy atom. The van der Waals surface area contributed by atoms with Crippen molar-refractivity contribution >= 4 is 41.5 Å². The molecule has 3 rings (SSSR count). The zero-order valence-electron chi connectivity index (χ0n) is 18.7. The van der Waals surface area contributed by atoms with Crippen LogP contribution in [0.3, 0.4) is 0 Å². The van der Waals surface area contributed by atoms with Crippen LogP contribution in [-0.4, -0.2) is 24.5 Å². The Morgan fingerprint density at radius 2 is 1.97 bits per heavy atom. The Kier molecular flexibility index (Phi) is 9.15. The number of aliphatic imine (C=N–C) groups is 1. The summed E-state index contributed by atoms with van der Waals surface area (Å²) in [5.74, 6) is 1.69. The molecule has 31 heavy (non-hydrogen) atoms. The van der Waals surface area contributed by atoms with Gasteiger partial charge in [-0.05, 0) is 44.0 Å². The van der Waals surface area contributed by atoms with E-state index in [-0.39, 0.29) is 41.5 Å². The van der Waals surface area contributed by atoms with Crippen LogP contribution in [0, 0.1) is 0 Å². The Morgan fingerprint density at radius 1 is 1.19 bits per heavy atom. The molecule has 2 aromatic rings. The highest BCUT2D eigenvalue weighted by molar-refractivity contribution is 14.0. The predicted octanol–water partition coefficient (Wildman–Crippen LogP) is 5.01. The number of ether oxygens (including phenoxy) is 1. The van der Waals surface area contributed by atoms with E-state index in [1.54, 1.807) is 7.05 Å². The van der Waals surface area contributed by atoms with Crippen LogP contribution in [0.25, 0.3) is 0 Å². The van der Waals surface area contributed by atoms with Crippen molar-refractivity contribution in [3.8, 4) is 5.75 Å². The molecule has 0 saturated heterocycles. The summed E-state index contributed by atoms with van der Waals surface area (Å²) < 4.78 is 6.12. The van der Waals surface area contributed by atoms with Gasteiger partial charge in [-0.25, -0.2) is 0 Å². The quantitative estimate of drug-likeness (QED) is 0.276. The SMILES string of the molecule is CCCC(=O)Nc1cccc(CNC(=NC)NC2CC(C)(C)Oc3ccccc32)c1.I. The Bertz CT molecular complexity index is 914. The average molecular weight is 536 g/mol. The van der Waals surface area contributed by atoms with Crippen molar-refractivity contribution in [3.05, 3.63) is 59.7 Å². The largest absolute Gasteiger partial charge is 0.487 e. The van der Waals surface area contributed by atoms with E-state index in [4.69, 9.17) is 4.74 Å². The number of rotatable bonds is 6. The van der Waals surface area contributed by atoms with Gasteiger partial charge in [0.1, 0.15) is 11.4 Å². The molecule has 0 radical (unpaired) electrons. The van der Waals surface area contributed by atoms with Gasteiger partial charge < -0.3 is 20.7 Å². The molecular formula is C24H33IN4O2. The van der Waals surface area contributed by atoms with Gasteiger partial charge in [0.2, 0.25) is 5.91 Å². The van der Waals surface area contributed by atoms with Gasteiger partial charge in [-0.3, -0.25) is 9.79 Å². The zero-order chi connectivity index (χ0) is 21.6. The third-order valence-corrected chi connectivity index (χ3v) is 5.06. The third-order valence-electron chi connectivity index (χ3n) is 5.06. The standard InChI is InChI=1S/C24H32N4O2.HI/c1-5-9-22(29)27-18-11-8-10-17(14-18)16-26-23(25-4)28-20-15-24(2,3)30-21-13-7-6-12-19(20)21;/h6-8,10-14,20H,5,9,15-16H2,1-4H3,(H,27,29)(H2,25,26,28);1H. The minimum absolute atomic E-state index is 0. The van der Waals surface area contributed by atoms with Gasteiger partial charge in [0.05, 0.1) is 6.04 Å². The Labute approximate surface area is 202 Å². The number of anilines is 1. The van der Waals surface area contributed by atoms with E-state index in [0.717, 1.165) is 41.4 Å². The van der Waals surface area contributed by atoms with Gasteiger partial charge >= 0.3 is 0 Å². The van der Waals surface area contributed by atoms with Crippen molar-refractivity contribution in [1.82, 2.24) is 10.6 Å². The molecular weight excluding hydrogens is 503 g/mol. The summed E-state index contributed by atoms with van der Waals surface area (Å²) in [5, 5.41) is 9.87. The number of carbonyl (C=O) groups excluding carboxylic acids is 1. The molecule has 6 nitrogen and oxygen atoms in total. The highest BCUT2D eigenvalue weighted by Crippen LogP contribution is 2.39. The molecule has 1 amide bonds. The molecule has 168 valence electrons. The first-order valence-corrected chi connectivity index (χ1v) is 10.5. The number of carbonyl (C=O) groups is 1. The predicted molar refractivity (Wildman–Crippen MR) is 137 cm³/mol. The first-order chi connectivity index (χ1) is 14.4. The number of hydrogen-bond acceptors (Lipinski definition) is 3. The Balaban J connectivity index is 0.00000341. The van der Waals surface area contributed by atoms with Gasteiger partial charge in [0.15, 0.2) is 5.96 Å². The molecule has 7 heteroatoms. The molecule has 3 N–H and O–H groups in total.